The van der Waals surface area contributed by atoms with E-state index in [9.17, 15) is 4.79 Å². The lowest BCUT2D eigenvalue weighted by Gasteiger charge is -2.10. The van der Waals surface area contributed by atoms with Gasteiger partial charge in [-0.25, -0.2) is 10.2 Å². The van der Waals surface area contributed by atoms with Crippen molar-refractivity contribution >= 4 is 29.3 Å². The van der Waals surface area contributed by atoms with Gasteiger partial charge in [-0.3, -0.25) is 0 Å². The zero-order valence-corrected chi connectivity index (χ0v) is 12.5. The molecule has 0 saturated carbocycles. The molecule has 2 N–H and O–H groups in total. The largest absolute Gasteiger partial charge is 0.339 e. The van der Waals surface area contributed by atoms with Gasteiger partial charge >= 0.3 is 6.03 Å². The Labute approximate surface area is 122 Å². The number of hydrogen-bond acceptors (Lipinski definition) is 3. The molecule has 2 aromatic rings. The first-order valence-electron chi connectivity index (χ1n) is 6.29. The van der Waals surface area contributed by atoms with Gasteiger partial charge in [-0.1, -0.05) is 18.2 Å². The number of nitrogens with one attached hydrogen (secondary N) is 2. The molecule has 104 valence electrons. The molecule has 0 spiro atoms. The van der Waals surface area contributed by atoms with E-state index in [1.165, 1.54) is 4.88 Å². The van der Waals surface area contributed by atoms with Crippen LogP contribution in [0.1, 0.15) is 20.9 Å². The van der Waals surface area contributed by atoms with E-state index in [0.717, 1.165) is 21.7 Å². The minimum atomic E-state index is -0.341. The molecule has 4 nitrogen and oxygen atoms in total. The highest BCUT2D eigenvalue weighted by Gasteiger charge is 2.05. The molecule has 1 aromatic heterocycles. The number of amides is 2. The molecule has 20 heavy (non-hydrogen) atoms. The summed E-state index contributed by atoms with van der Waals surface area (Å²) < 4.78 is 0. The Kier molecular flexibility index (Phi) is 4.53. The average molecular weight is 287 g/mol. The fraction of sp³-hybridized carbons (Fsp3) is 0.200. The number of aryl methyl sites for hydroxylation is 3. The third-order valence-electron chi connectivity index (χ3n) is 2.84. The van der Waals surface area contributed by atoms with E-state index < -0.39 is 0 Å². The molecule has 2 rings (SSSR count). The van der Waals surface area contributed by atoms with Crippen molar-refractivity contribution in [3.05, 3.63) is 51.2 Å². The summed E-state index contributed by atoms with van der Waals surface area (Å²) >= 11 is 1.63. The number of urea groups is 1. The second-order valence-electron chi connectivity index (χ2n) is 4.54. The van der Waals surface area contributed by atoms with E-state index >= 15 is 0 Å². The van der Waals surface area contributed by atoms with Crippen molar-refractivity contribution in [2.24, 2.45) is 5.10 Å². The van der Waals surface area contributed by atoms with Gasteiger partial charge in [0.25, 0.3) is 0 Å². The number of benzene rings is 1. The molecular weight excluding hydrogens is 270 g/mol. The maximum atomic E-state index is 11.8. The van der Waals surface area contributed by atoms with Gasteiger partial charge in [-0.05, 0) is 44.0 Å². The van der Waals surface area contributed by atoms with Crippen LogP contribution >= 0.6 is 11.3 Å². The molecular formula is C15H17N3OS. The van der Waals surface area contributed by atoms with E-state index in [4.69, 9.17) is 0 Å². The summed E-state index contributed by atoms with van der Waals surface area (Å²) in [6, 6.07) is 9.52. The summed E-state index contributed by atoms with van der Waals surface area (Å²) in [7, 11) is 0. The summed E-state index contributed by atoms with van der Waals surface area (Å²) in [6.45, 7) is 5.95. The highest BCUT2D eigenvalue weighted by Crippen LogP contribution is 2.19. The second-order valence-corrected chi connectivity index (χ2v) is 5.86. The maximum Gasteiger partial charge on any atom is 0.339 e. The maximum absolute atomic E-state index is 11.8. The number of hydrazone groups is 1. The smallest absolute Gasteiger partial charge is 0.306 e. The van der Waals surface area contributed by atoms with Crippen LogP contribution in [0, 0.1) is 20.8 Å². The molecule has 0 unspecified atom stereocenters. The van der Waals surface area contributed by atoms with Crippen molar-refractivity contribution in [2.75, 3.05) is 5.32 Å². The first-order chi connectivity index (χ1) is 9.56. The van der Waals surface area contributed by atoms with Crippen LogP contribution in [0.3, 0.4) is 0 Å². The molecule has 0 radical (unpaired) electrons. The van der Waals surface area contributed by atoms with Crippen LogP contribution in [0.4, 0.5) is 10.5 Å². The predicted octanol–water partition coefficient (Wildman–Crippen LogP) is 3.83. The third kappa shape index (κ3) is 3.68. The SMILES string of the molecule is Cc1ccc(C=NNC(=O)Nc2c(C)cccc2C)s1. The Bertz CT molecular complexity index is 626. The van der Waals surface area contributed by atoms with Crippen molar-refractivity contribution in [3.63, 3.8) is 0 Å². The molecule has 0 aliphatic carbocycles. The normalized spacial score (nSPS) is 10.8. The first kappa shape index (κ1) is 14.3. The van der Waals surface area contributed by atoms with Crippen LogP contribution in [0.5, 0.6) is 0 Å². The lowest BCUT2D eigenvalue weighted by atomic mass is 10.1. The van der Waals surface area contributed by atoms with Gasteiger partial charge in [0.05, 0.1) is 6.21 Å². The third-order valence-corrected chi connectivity index (χ3v) is 3.77. The Morgan fingerprint density at radius 1 is 1.15 bits per heavy atom. The number of anilines is 1. The summed E-state index contributed by atoms with van der Waals surface area (Å²) in [6.07, 6.45) is 1.64. The van der Waals surface area contributed by atoms with Gasteiger partial charge in [0.2, 0.25) is 0 Å². The second kappa shape index (κ2) is 6.34. The predicted molar refractivity (Wildman–Crippen MR) is 84.7 cm³/mol. The molecule has 0 saturated heterocycles. The fourth-order valence-corrected chi connectivity index (χ4v) is 2.58. The molecule has 5 heteroatoms. The molecule has 0 atom stereocenters. The summed E-state index contributed by atoms with van der Waals surface area (Å²) in [5.41, 5.74) is 5.35. The molecule has 0 fully saturated rings. The Hall–Kier alpha value is -2.14. The van der Waals surface area contributed by atoms with Gasteiger partial charge in [-0.2, -0.15) is 5.10 Å². The van der Waals surface area contributed by atoms with Crippen molar-refractivity contribution in [3.8, 4) is 0 Å². The van der Waals surface area contributed by atoms with Crippen molar-refractivity contribution in [1.82, 2.24) is 5.43 Å². The number of para-hydroxylation sites is 1. The summed E-state index contributed by atoms with van der Waals surface area (Å²) in [5, 5.41) is 6.74. The van der Waals surface area contributed by atoms with Crippen molar-refractivity contribution < 1.29 is 4.79 Å². The van der Waals surface area contributed by atoms with Crippen LogP contribution in [-0.2, 0) is 0 Å². The van der Waals surface area contributed by atoms with E-state index in [1.807, 2.05) is 51.1 Å². The number of rotatable bonds is 3. The molecule has 0 aliphatic rings. The molecule has 1 heterocycles. The van der Waals surface area contributed by atoms with Crippen molar-refractivity contribution in [1.29, 1.82) is 0 Å². The summed E-state index contributed by atoms with van der Waals surface area (Å²) in [4.78, 5) is 14.0. The van der Waals surface area contributed by atoms with E-state index in [-0.39, 0.29) is 6.03 Å². The van der Waals surface area contributed by atoms with E-state index in [1.54, 1.807) is 17.6 Å². The number of nitrogens with zero attached hydrogens (tertiary/aromatic N) is 1. The number of carbonyl (C=O) groups is 1. The lowest BCUT2D eigenvalue weighted by molar-refractivity contribution is 0.252. The summed E-state index contributed by atoms with van der Waals surface area (Å²) in [5.74, 6) is 0. The van der Waals surface area contributed by atoms with Crippen LogP contribution < -0.4 is 10.7 Å². The average Bonchev–Trinajstić information content (AvgIpc) is 2.80. The first-order valence-corrected chi connectivity index (χ1v) is 7.10. The van der Waals surface area contributed by atoms with Crippen molar-refractivity contribution in [2.45, 2.75) is 20.8 Å². The minimum Gasteiger partial charge on any atom is -0.306 e. The Morgan fingerprint density at radius 2 is 1.85 bits per heavy atom. The zero-order chi connectivity index (χ0) is 14.5. The van der Waals surface area contributed by atoms with Gasteiger partial charge in [0.1, 0.15) is 0 Å². The highest BCUT2D eigenvalue weighted by atomic mass is 32.1. The number of carbonyl (C=O) groups excluding carboxylic acids is 1. The zero-order valence-electron chi connectivity index (χ0n) is 11.7. The molecule has 0 aliphatic heterocycles. The number of hydrogen-bond donors (Lipinski definition) is 2. The molecule has 0 bridgehead atoms. The highest BCUT2D eigenvalue weighted by molar-refractivity contribution is 7.13. The van der Waals surface area contributed by atoms with Crippen LogP contribution in [0.2, 0.25) is 0 Å². The van der Waals surface area contributed by atoms with E-state index in [2.05, 4.69) is 15.8 Å². The molecule has 2 amide bonds. The lowest BCUT2D eigenvalue weighted by Crippen LogP contribution is -2.25. The van der Waals surface area contributed by atoms with Gasteiger partial charge < -0.3 is 5.32 Å². The monoisotopic (exact) mass is 287 g/mol. The number of thiophene rings is 1. The Morgan fingerprint density at radius 3 is 2.45 bits per heavy atom. The van der Waals surface area contributed by atoms with Crippen LogP contribution in [-0.4, -0.2) is 12.2 Å². The van der Waals surface area contributed by atoms with Gasteiger partial charge in [0, 0.05) is 15.4 Å². The minimum absolute atomic E-state index is 0.341. The fourth-order valence-electron chi connectivity index (χ4n) is 1.83. The quantitative estimate of drug-likeness (QED) is 0.654. The van der Waals surface area contributed by atoms with Crippen LogP contribution in [0.25, 0.3) is 0 Å². The van der Waals surface area contributed by atoms with Gasteiger partial charge in [-0.15, -0.1) is 11.3 Å². The van der Waals surface area contributed by atoms with Crippen LogP contribution in [0.15, 0.2) is 35.4 Å². The Balaban J connectivity index is 1.94. The standard InChI is InChI=1S/C15H17N3OS/c1-10-5-4-6-11(2)14(10)17-15(19)18-16-9-13-8-7-12(3)20-13/h4-9H,1-3H3,(H2,17,18,19). The van der Waals surface area contributed by atoms with E-state index in [0.29, 0.717) is 0 Å². The topological polar surface area (TPSA) is 53.5 Å². The molecule has 1 aromatic carbocycles. The van der Waals surface area contributed by atoms with Gasteiger partial charge in [0.15, 0.2) is 0 Å².